The largest absolute Gasteiger partial charge is 0.550 e. The number of thiazole rings is 2. The highest BCUT2D eigenvalue weighted by atomic mass is 32.2. The van der Waals surface area contributed by atoms with E-state index in [0.717, 1.165) is 24.7 Å². The van der Waals surface area contributed by atoms with Crippen molar-refractivity contribution in [1.82, 2.24) is 61.8 Å². The van der Waals surface area contributed by atoms with Gasteiger partial charge in [0.15, 0.2) is 18.7 Å². The molecule has 96 heavy (non-hydrogen) atoms. The minimum Gasteiger partial charge on any atom is -0.550 e. The number of aromatic amines is 1. The van der Waals surface area contributed by atoms with Gasteiger partial charge in [0.05, 0.1) is 85.2 Å². The smallest absolute Gasteiger partial charge is 0.404 e. The number of imidazole rings is 1. The van der Waals surface area contributed by atoms with E-state index in [1.54, 1.807) is 10.8 Å². The zero-order valence-corrected chi connectivity index (χ0v) is 55.2. The number of primary amides is 2. The number of anilines is 1. The molecule has 19 atom stereocenters. The number of carboxylic acid groups (broad SMARTS) is 1. The first-order chi connectivity index (χ1) is 45.3. The summed E-state index contributed by atoms with van der Waals surface area (Å²) < 4.78 is 28.7. The highest BCUT2D eigenvalue weighted by Crippen LogP contribution is 2.35. The molecule has 6 heterocycles. The predicted octanol–water partition coefficient (Wildman–Crippen LogP) is -8.44. The van der Waals surface area contributed by atoms with E-state index < -0.39 is 201 Å². The molecule has 532 valence electrons. The van der Waals surface area contributed by atoms with Gasteiger partial charge < -0.3 is 134 Å². The SMILES string of the molecule is Cc1c(N)nc(C(CC(=O)[O-])NCC(N)C(N)=O)nc1C(=O)NC(C(=O)NC(C)C(O)C(C)C(=O)NC(C(=O)NCCc1nc(-c2nc(C(=O)NCCC[S+](C)C)cs2)cs1)C(C)O)C(O[C@H]1O[C@H](CO)[C@H](O)[C@@H](O)[C@H]1O[C@@H]1O[C@@H](CO)[C@H](O)[C@@H](OC(N)=O)[C@H]1O)c1cnc[nH]1. The number of nitrogens with zero attached hydrogens (tertiary/aromatic N) is 5. The number of carbonyl (C=O) groups excluding carboxylic acids is 8. The van der Waals surface area contributed by atoms with E-state index in [9.17, 15) is 79.5 Å². The summed E-state index contributed by atoms with van der Waals surface area (Å²) in [4.78, 5) is 130. The van der Waals surface area contributed by atoms with Crippen molar-refractivity contribution in [3.63, 3.8) is 0 Å². The molecule has 0 saturated carbocycles. The van der Waals surface area contributed by atoms with Crippen molar-refractivity contribution < 1.29 is 108 Å². The van der Waals surface area contributed by atoms with Gasteiger partial charge in [0.2, 0.25) is 23.6 Å². The lowest BCUT2D eigenvalue weighted by molar-refractivity contribution is -0.372. The highest BCUT2D eigenvalue weighted by molar-refractivity contribution is 7.95. The Hall–Kier alpha value is -7.30. The number of aliphatic carboxylic acids is 1. The molecule has 0 radical (unpaired) electrons. The van der Waals surface area contributed by atoms with Crippen LogP contribution in [0.4, 0.5) is 10.6 Å². The van der Waals surface area contributed by atoms with E-state index in [-0.39, 0.29) is 46.7 Å². The van der Waals surface area contributed by atoms with Crippen molar-refractivity contribution in [2.24, 2.45) is 23.1 Å². The third-order valence-electron chi connectivity index (χ3n) is 15.2. The Labute approximate surface area is 558 Å². The van der Waals surface area contributed by atoms with Crippen LogP contribution in [0.3, 0.4) is 0 Å². The second-order valence-corrected chi connectivity index (χ2v) is 26.9. The molecule has 0 aromatic carbocycles. The second-order valence-electron chi connectivity index (χ2n) is 22.7. The number of H-pyrrole nitrogens is 1. The van der Waals surface area contributed by atoms with Crippen molar-refractivity contribution in [3.8, 4) is 10.7 Å². The average molecular weight is 1420 g/mol. The molecule has 0 spiro atoms. The van der Waals surface area contributed by atoms with Crippen LogP contribution in [0.25, 0.3) is 10.7 Å². The van der Waals surface area contributed by atoms with E-state index in [2.05, 4.69) is 74.3 Å². The third-order valence-corrected chi connectivity index (χ3v) is 18.1. The molecule has 4 aromatic heterocycles. The van der Waals surface area contributed by atoms with E-state index in [1.165, 1.54) is 50.4 Å². The maximum absolute atomic E-state index is 15.2. The van der Waals surface area contributed by atoms with Crippen LogP contribution in [-0.4, -0.2) is 267 Å². The van der Waals surface area contributed by atoms with Crippen LogP contribution in [0.15, 0.2) is 23.3 Å². The van der Waals surface area contributed by atoms with Crippen LogP contribution in [0.1, 0.15) is 88.8 Å². The van der Waals surface area contributed by atoms with Gasteiger partial charge in [-0.15, -0.1) is 22.7 Å². The normalized spacial score (nSPS) is 24.0. The van der Waals surface area contributed by atoms with E-state index >= 15 is 4.79 Å². The highest BCUT2D eigenvalue weighted by Gasteiger charge is 2.54. The average Bonchev–Trinajstić information content (AvgIpc) is 0.885. The topological polar surface area (TPSA) is 624 Å². The number of carboxylic acids is 1. The third kappa shape index (κ3) is 20.6. The first-order valence-electron chi connectivity index (χ1n) is 29.8. The molecule has 38 nitrogen and oxygen atoms in total. The molecule has 23 N–H and O–H groups in total. The number of nitrogen functional groups attached to an aromatic ring is 1. The summed E-state index contributed by atoms with van der Waals surface area (Å²) in [5.74, 6) is -8.78. The zero-order valence-electron chi connectivity index (χ0n) is 52.7. The Morgan fingerprint density at radius 2 is 1.49 bits per heavy atom. The van der Waals surface area contributed by atoms with Crippen LogP contribution in [0.2, 0.25) is 0 Å². The fraction of sp³-hybridized carbons (Fsp3) is 0.618. The van der Waals surface area contributed by atoms with Gasteiger partial charge in [-0.3, -0.25) is 28.8 Å². The number of amides is 7. The summed E-state index contributed by atoms with van der Waals surface area (Å²) in [7, 11) is 0.251. The number of aromatic nitrogens is 6. The van der Waals surface area contributed by atoms with Gasteiger partial charge in [0.1, 0.15) is 100 Å². The van der Waals surface area contributed by atoms with Crippen molar-refractivity contribution in [2.75, 3.05) is 56.8 Å². The molecule has 41 heteroatoms. The Morgan fingerprint density at radius 1 is 0.802 bits per heavy atom. The molecular formula is C55H82N16O22S3. The molecule has 4 aromatic rings. The van der Waals surface area contributed by atoms with Crippen LogP contribution in [-0.2, 0) is 65.0 Å². The van der Waals surface area contributed by atoms with Gasteiger partial charge in [-0.25, -0.2) is 29.7 Å². The van der Waals surface area contributed by atoms with Gasteiger partial charge in [-0.05, 0) is 31.7 Å². The molecule has 0 bridgehead atoms. The minimum absolute atomic E-state index is 0.0118. The van der Waals surface area contributed by atoms with Gasteiger partial charge in [0, 0.05) is 61.2 Å². The second kappa shape index (κ2) is 35.8. The minimum atomic E-state index is -2.21. The predicted molar refractivity (Wildman–Crippen MR) is 335 cm³/mol. The number of hydrogen-bond donors (Lipinski definition) is 19. The molecule has 2 saturated heterocycles. The summed E-state index contributed by atoms with van der Waals surface area (Å²) in [6.07, 6.45) is -20.5. The van der Waals surface area contributed by atoms with E-state index in [4.69, 9.17) is 46.6 Å². The quantitative estimate of drug-likeness (QED) is 0.0150. The fourth-order valence-corrected chi connectivity index (χ4v) is 12.1. The van der Waals surface area contributed by atoms with Crippen molar-refractivity contribution in [1.29, 1.82) is 0 Å². The van der Waals surface area contributed by atoms with Crippen molar-refractivity contribution in [3.05, 3.63) is 56.8 Å². The Morgan fingerprint density at radius 3 is 2.11 bits per heavy atom. The fourth-order valence-electron chi connectivity index (χ4n) is 9.76. The lowest BCUT2D eigenvalue weighted by Crippen LogP contribution is -2.65. The molecule has 6 rings (SSSR count). The molecule has 2 fully saturated rings. The molecule has 2 aliphatic heterocycles. The maximum atomic E-state index is 15.2. The number of aliphatic hydroxyl groups excluding tert-OH is 8. The maximum Gasteiger partial charge on any atom is 0.404 e. The van der Waals surface area contributed by atoms with Gasteiger partial charge in [0.25, 0.3) is 11.8 Å². The Bertz CT molecular complexity index is 3280. The number of ether oxygens (including phenoxy) is 5. The lowest BCUT2D eigenvalue weighted by atomic mass is 9.96. The summed E-state index contributed by atoms with van der Waals surface area (Å²) in [6, 6.07) is -8.15. The van der Waals surface area contributed by atoms with Gasteiger partial charge in [-0.2, -0.15) is 0 Å². The summed E-state index contributed by atoms with van der Waals surface area (Å²) in [6.45, 7) is 2.99. The molecule has 9 unspecified atom stereocenters. The Balaban J connectivity index is 1.26. The monoisotopic (exact) mass is 1410 g/mol. The lowest BCUT2D eigenvalue weighted by Gasteiger charge is -2.47. The van der Waals surface area contributed by atoms with E-state index in [0.29, 0.717) is 22.3 Å². The Kier molecular flexibility index (Phi) is 29.0. The van der Waals surface area contributed by atoms with Crippen LogP contribution < -0.4 is 59.9 Å². The summed E-state index contributed by atoms with van der Waals surface area (Å²) >= 11 is 2.52. The summed E-state index contributed by atoms with van der Waals surface area (Å²) in [5.41, 5.74) is 22.3. The molecule has 0 aliphatic carbocycles. The number of hydrogen-bond acceptors (Lipinski definition) is 32. The van der Waals surface area contributed by atoms with Crippen LogP contribution in [0.5, 0.6) is 0 Å². The van der Waals surface area contributed by atoms with Crippen molar-refractivity contribution >= 4 is 86.9 Å². The first-order valence-corrected chi connectivity index (χ1v) is 33.7. The first kappa shape index (κ1) is 77.7. The number of rotatable bonds is 35. The number of carbonyl (C=O) groups is 8. The number of nitrogens with one attached hydrogen (secondary N) is 7. The molecular weight excluding hydrogens is 1330 g/mol. The number of aliphatic hydroxyl groups is 8. The number of nitrogens with two attached hydrogens (primary N) is 4. The molecule has 2 aliphatic rings. The van der Waals surface area contributed by atoms with Gasteiger partial charge >= 0.3 is 6.09 Å². The van der Waals surface area contributed by atoms with Crippen LogP contribution >= 0.6 is 22.7 Å². The van der Waals surface area contributed by atoms with E-state index in [1.807, 2.05) is 0 Å². The van der Waals surface area contributed by atoms with Crippen molar-refractivity contribution in [2.45, 2.75) is 157 Å². The summed E-state index contributed by atoms with van der Waals surface area (Å²) in [5, 5.41) is 120. The van der Waals surface area contributed by atoms with Crippen LogP contribution in [0, 0.1) is 12.8 Å². The standard InChI is InChI=1S/C55H82N16O22S3/c1-20-33(68-46(71-44(20)57)25(12-32(75)76)63-13-24(56)45(58)82)50(86)70-35(41(26-14-60-19-64-26)91-54-43(39(80)37(78)29(15-72)90-54)92-53-40(81)42(93-55(59)88)38(79)30(16-73)89-53)51(87)65-22(3)36(77)21(2)47(83)69-34(23(4)74)49(85)62-10-8-31-66-28(18-94-31)52-67-27(17-95-52)48(84)61-9-7-11-96(5)6/h14,17-19,21-25,29-30,34-43,53-54,63,72-74,77-81H,7-13,15-16,56H2,1-6H3,(H12-,57,58,59,60,61,62,64,65,68,69,70,71,75,76,82,83,84,85,86,87,88)/t21?,22?,23?,24?,25?,29-,30+,34?,35?,36?,37+,38+,39-,40-,41?,42-,43-,53+,54-/m1/s1. The zero-order chi connectivity index (χ0) is 71.0. The molecule has 7 amide bonds. The van der Waals surface area contributed by atoms with Gasteiger partial charge in [-0.1, -0.05) is 6.92 Å².